The van der Waals surface area contributed by atoms with Gasteiger partial charge in [0.15, 0.2) is 5.82 Å². The number of fused-ring (bicyclic) bond motifs is 1. The Morgan fingerprint density at radius 2 is 2.27 bits per heavy atom. The van der Waals surface area contributed by atoms with Gasteiger partial charge in [0.2, 0.25) is 0 Å². The number of pyridine rings is 1. The molecule has 0 radical (unpaired) electrons. The third-order valence-corrected chi connectivity index (χ3v) is 5.62. The summed E-state index contributed by atoms with van der Waals surface area (Å²) in [4.78, 5) is 27.6. The molecule has 4 N–H and O–H groups in total. The van der Waals surface area contributed by atoms with Gasteiger partial charge in [0, 0.05) is 41.1 Å². The summed E-state index contributed by atoms with van der Waals surface area (Å²) in [6.45, 7) is 3.83. The average molecular weight is 428 g/mol. The second-order valence-electron chi connectivity index (χ2n) is 7.69. The SMILES string of the molecule is C=Cc1cnc(-c2c[nH]c3ncc(Cl)cc23)nc1NC1CCCC(O)(CC(=O)O)C1. The summed E-state index contributed by atoms with van der Waals surface area (Å²) in [6.07, 6.45) is 8.78. The van der Waals surface area contributed by atoms with Crippen LogP contribution in [0.1, 0.15) is 37.7 Å². The highest BCUT2D eigenvalue weighted by Gasteiger charge is 2.36. The van der Waals surface area contributed by atoms with Crippen molar-refractivity contribution >= 4 is 40.5 Å². The second kappa shape index (κ2) is 8.04. The Morgan fingerprint density at radius 3 is 3.03 bits per heavy atom. The molecule has 3 aromatic rings. The first-order chi connectivity index (χ1) is 14.4. The molecule has 1 saturated carbocycles. The van der Waals surface area contributed by atoms with E-state index in [9.17, 15) is 9.90 Å². The van der Waals surface area contributed by atoms with Crippen molar-refractivity contribution in [3.05, 3.63) is 41.8 Å². The zero-order valence-corrected chi connectivity index (χ0v) is 17.0. The molecule has 1 aliphatic carbocycles. The molecule has 0 amide bonds. The molecule has 0 aliphatic heterocycles. The molecule has 0 saturated heterocycles. The van der Waals surface area contributed by atoms with E-state index in [1.807, 2.05) is 0 Å². The number of halogens is 1. The van der Waals surface area contributed by atoms with Crippen LogP contribution >= 0.6 is 11.6 Å². The minimum Gasteiger partial charge on any atom is -0.481 e. The highest BCUT2D eigenvalue weighted by Crippen LogP contribution is 2.34. The lowest BCUT2D eigenvalue weighted by Crippen LogP contribution is -2.42. The van der Waals surface area contributed by atoms with Crippen molar-refractivity contribution in [3.63, 3.8) is 0 Å². The topological polar surface area (TPSA) is 124 Å². The van der Waals surface area contributed by atoms with Crippen LogP contribution < -0.4 is 5.32 Å². The number of hydrogen-bond donors (Lipinski definition) is 4. The summed E-state index contributed by atoms with van der Waals surface area (Å²) in [7, 11) is 0. The standard InChI is InChI=1S/C21H22ClN5O3/c1-2-12-9-23-20(16-11-25-19-15(16)6-13(22)10-24-19)27-18(12)26-14-4-3-5-21(30,7-14)8-17(28)29/h2,6,9-11,14,30H,1,3-5,7-8H2,(H,24,25)(H,28,29)(H,23,26,27). The number of aliphatic carboxylic acids is 1. The molecule has 9 heteroatoms. The number of aliphatic hydroxyl groups is 1. The zero-order chi connectivity index (χ0) is 21.3. The van der Waals surface area contributed by atoms with E-state index in [0.717, 1.165) is 29.4 Å². The fraction of sp³-hybridized carbons (Fsp3) is 0.333. The lowest BCUT2D eigenvalue weighted by Gasteiger charge is -2.36. The third-order valence-electron chi connectivity index (χ3n) is 5.42. The summed E-state index contributed by atoms with van der Waals surface area (Å²) < 4.78 is 0. The summed E-state index contributed by atoms with van der Waals surface area (Å²) in [6, 6.07) is 1.70. The molecule has 30 heavy (non-hydrogen) atoms. The first-order valence-corrected chi connectivity index (χ1v) is 10.1. The van der Waals surface area contributed by atoms with Crippen molar-refractivity contribution in [1.29, 1.82) is 0 Å². The van der Waals surface area contributed by atoms with Gasteiger partial charge < -0.3 is 20.5 Å². The van der Waals surface area contributed by atoms with Crippen molar-refractivity contribution in [2.75, 3.05) is 5.32 Å². The van der Waals surface area contributed by atoms with Crippen LogP contribution in [-0.2, 0) is 4.79 Å². The molecule has 2 atom stereocenters. The molecule has 0 spiro atoms. The molecule has 156 valence electrons. The number of carboxylic acids is 1. The van der Waals surface area contributed by atoms with Gasteiger partial charge in [-0.25, -0.2) is 15.0 Å². The van der Waals surface area contributed by atoms with Gasteiger partial charge in [-0.3, -0.25) is 4.79 Å². The van der Waals surface area contributed by atoms with Crippen LogP contribution in [0.25, 0.3) is 28.5 Å². The van der Waals surface area contributed by atoms with Crippen LogP contribution in [0.2, 0.25) is 5.02 Å². The predicted molar refractivity (Wildman–Crippen MR) is 115 cm³/mol. The number of anilines is 1. The smallest absolute Gasteiger partial charge is 0.306 e. The number of carbonyl (C=O) groups is 1. The molecule has 0 aromatic carbocycles. The van der Waals surface area contributed by atoms with Crippen molar-refractivity contribution in [3.8, 4) is 11.4 Å². The minimum absolute atomic E-state index is 0.108. The summed E-state index contributed by atoms with van der Waals surface area (Å²) in [5.74, 6) is 0.0831. The quantitative estimate of drug-likeness (QED) is 0.470. The molecule has 4 rings (SSSR count). The number of aromatic nitrogens is 4. The molecule has 8 nitrogen and oxygen atoms in total. The Balaban J connectivity index is 1.64. The lowest BCUT2D eigenvalue weighted by molar-refractivity contribution is -0.143. The largest absolute Gasteiger partial charge is 0.481 e. The van der Waals surface area contributed by atoms with E-state index in [4.69, 9.17) is 16.7 Å². The molecular weight excluding hydrogens is 406 g/mol. The summed E-state index contributed by atoms with van der Waals surface area (Å²) in [5.41, 5.74) is 0.962. The zero-order valence-electron chi connectivity index (χ0n) is 16.2. The molecule has 1 fully saturated rings. The van der Waals surface area contributed by atoms with Gasteiger partial charge >= 0.3 is 5.97 Å². The van der Waals surface area contributed by atoms with Gasteiger partial charge in [-0.1, -0.05) is 24.3 Å². The normalized spacial score (nSPS) is 21.5. The monoisotopic (exact) mass is 427 g/mol. The average Bonchev–Trinajstić information content (AvgIpc) is 3.10. The van der Waals surface area contributed by atoms with Crippen LogP contribution in [0.3, 0.4) is 0 Å². The van der Waals surface area contributed by atoms with Gasteiger partial charge in [0.25, 0.3) is 0 Å². The van der Waals surface area contributed by atoms with Gasteiger partial charge in [-0.2, -0.15) is 0 Å². The number of carboxylic acid groups (broad SMARTS) is 1. The Kier molecular flexibility index (Phi) is 5.44. The van der Waals surface area contributed by atoms with E-state index < -0.39 is 11.6 Å². The summed E-state index contributed by atoms with van der Waals surface area (Å²) in [5, 5.41) is 24.5. The first-order valence-electron chi connectivity index (χ1n) is 9.70. The minimum atomic E-state index is -1.22. The lowest BCUT2D eigenvalue weighted by atomic mass is 9.79. The Labute approximate surface area is 178 Å². The second-order valence-corrected chi connectivity index (χ2v) is 8.12. The van der Waals surface area contributed by atoms with Crippen molar-refractivity contribution in [1.82, 2.24) is 19.9 Å². The van der Waals surface area contributed by atoms with E-state index in [1.165, 1.54) is 0 Å². The van der Waals surface area contributed by atoms with Crippen LogP contribution in [0, 0.1) is 0 Å². The molecular formula is C21H22ClN5O3. The third kappa shape index (κ3) is 4.15. The van der Waals surface area contributed by atoms with E-state index in [-0.39, 0.29) is 12.5 Å². The fourth-order valence-electron chi connectivity index (χ4n) is 4.05. The van der Waals surface area contributed by atoms with Crippen molar-refractivity contribution in [2.24, 2.45) is 0 Å². The number of hydrogen-bond acceptors (Lipinski definition) is 6. The summed E-state index contributed by atoms with van der Waals surface area (Å²) >= 11 is 6.10. The number of nitrogens with zero attached hydrogens (tertiary/aromatic N) is 3. The van der Waals surface area contributed by atoms with Crippen LogP contribution in [0.4, 0.5) is 5.82 Å². The molecule has 2 unspecified atom stereocenters. The van der Waals surface area contributed by atoms with Crippen molar-refractivity contribution < 1.29 is 15.0 Å². The van der Waals surface area contributed by atoms with Gasteiger partial charge in [0.05, 0.1) is 17.0 Å². The maximum absolute atomic E-state index is 11.1. The van der Waals surface area contributed by atoms with E-state index in [2.05, 4.69) is 31.8 Å². The van der Waals surface area contributed by atoms with Gasteiger partial charge in [0.1, 0.15) is 11.5 Å². The van der Waals surface area contributed by atoms with E-state index >= 15 is 0 Å². The maximum Gasteiger partial charge on any atom is 0.306 e. The number of aromatic amines is 1. The Bertz CT molecular complexity index is 1120. The molecule has 1 aliphatic rings. The molecule has 0 bridgehead atoms. The molecule has 3 aromatic heterocycles. The Hall–Kier alpha value is -2.97. The predicted octanol–water partition coefficient (Wildman–Crippen LogP) is 3.88. The number of rotatable bonds is 6. The van der Waals surface area contributed by atoms with Gasteiger partial charge in [-0.05, 0) is 31.7 Å². The first kappa shape index (κ1) is 20.3. The van der Waals surface area contributed by atoms with Crippen molar-refractivity contribution in [2.45, 2.75) is 43.7 Å². The van der Waals surface area contributed by atoms with E-state index in [0.29, 0.717) is 35.2 Å². The fourth-order valence-corrected chi connectivity index (χ4v) is 4.21. The van der Waals surface area contributed by atoms with Gasteiger partial charge in [-0.15, -0.1) is 0 Å². The highest BCUT2D eigenvalue weighted by molar-refractivity contribution is 6.31. The number of H-pyrrole nitrogens is 1. The van der Waals surface area contributed by atoms with Crippen LogP contribution in [0.15, 0.2) is 31.2 Å². The molecule has 3 heterocycles. The Morgan fingerprint density at radius 1 is 1.43 bits per heavy atom. The maximum atomic E-state index is 11.1. The highest BCUT2D eigenvalue weighted by atomic mass is 35.5. The van der Waals surface area contributed by atoms with E-state index in [1.54, 1.807) is 30.7 Å². The van der Waals surface area contributed by atoms with Crippen LogP contribution in [-0.4, -0.2) is 47.8 Å². The number of nitrogens with one attached hydrogen (secondary N) is 2. The van der Waals surface area contributed by atoms with Crippen LogP contribution in [0.5, 0.6) is 0 Å².